The second kappa shape index (κ2) is 10.2. The van der Waals surface area contributed by atoms with Gasteiger partial charge in [-0.1, -0.05) is 30.0 Å². The number of rotatable bonds is 7. The minimum absolute atomic E-state index is 0.0628. The fraction of sp³-hybridized carbons (Fsp3) is 0.429. The number of amides is 2. The van der Waals surface area contributed by atoms with E-state index >= 15 is 0 Å². The van der Waals surface area contributed by atoms with E-state index < -0.39 is 0 Å². The molecular formula is C21H27N5O2S. The van der Waals surface area contributed by atoms with Crippen LogP contribution in [-0.4, -0.2) is 47.2 Å². The lowest BCUT2D eigenvalue weighted by Crippen LogP contribution is -2.40. The molecular weight excluding hydrogens is 386 g/mol. The Morgan fingerprint density at radius 1 is 1.21 bits per heavy atom. The zero-order valence-electron chi connectivity index (χ0n) is 16.9. The van der Waals surface area contributed by atoms with Crippen molar-refractivity contribution < 1.29 is 9.59 Å². The van der Waals surface area contributed by atoms with Crippen LogP contribution in [0, 0.1) is 12.8 Å². The molecule has 29 heavy (non-hydrogen) atoms. The topological polar surface area (TPSA) is 87.2 Å². The lowest BCUT2D eigenvalue weighted by atomic mass is 9.96. The Morgan fingerprint density at radius 3 is 2.69 bits per heavy atom. The van der Waals surface area contributed by atoms with E-state index in [0.29, 0.717) is 6.54 Å². The highest BCUT2D eigenvalue weighted by Gasteiger charge is 2.25. The number of piperidine rings is 1. The summed E-state index contributed by atoms with van der Waals surface area (Å²) in [5.74, 6) is 1.28. The number of carbonyl (C=O) groups is 2. The molecule has 7 nitrogen and oxygen atoms in total. The van der Waals surface area contributed by atoms with Crippen molar-refractivity contribution in [2.75, 3.05) is 35.6 Å². The van der Waals surface area contributed by atoms with Gasteiger partial charge < -0.3 is 15.5 Å². The molecule has 1 aliphatic heterocycles. The van der Waals surface area contributed by atoms with Crippen LogP contribution in [0.2, 0.25) is 0 Å². The third-order valence-corrected chi connectivity index (χ3v) is 5.86. The summed E-state index contributed by atoms with van der Waals surface area (Å²) in [6, 6.07) is 9.63. The average Bonchev–Trinajstić information content (AvgIpc) is 2.74. The molecule has 1 aromatic heterocycles. The van der Waals surface area contributed by atoms with Gasteiger partial charge in [-0.25, -0.2) is 9.97 Å². The molecule has 1 aliphatic rings. The molecule has 0 unspecified atom stereocenters. The van der Waals surface area contributed by atoms with Crippen molar-refractivity contribution in [3.63, 3.8) is 0 Å². The zero-order chi connectivity index (χ0) is 20.6. The Bertz CT molecular complexity index is 852. The number of aryl methyl sites for hydroxylation is 1. The van der Waals surface area contributed by atoms with Crippen LogP contribution in [0.1, 0.15) is 25.3 Å². The number of anilines is 2. The van der Waals surface area contributed by atoms with Crippen LogP contribution in [0.4, 0.5) is 11.5 Å². The number of nitrogens with zero attached hydrogens (tertiary/aromatic N) is 3. The first-order valence-electron chi connectivity index (χ1n) is 9.89. The van der Waals surface area contributed by atoms with Crippen molar-refractivity contribution in [3.8, 4) is 0 Å². The highest BCUT2D eigenvalue weighted by molar-refractivity contribution is 7.99. The molecule has 3 rings (SSSR count). The number of carbonyl (C=O) groups excluding carboxylic acids is 2. The van der Waals surface area contributed by atoms with Crippen molar-refractivity contribution >= 4 is 35.1 Å². The van der Waals surface area contributed by atoms with Gasteiger partial charge in [0.05, 0.1) is 5.75 Å². The van der Waals surface area contributed by atoms with Crippen molar-refractivity contribution in [1.82, 2.24) is 15.3 Å². The van der Waals surface area contributed by atoms with Gasteiger partial charge in [0.1, 0.15) is 17.2 Å². The molecule has 2 amide bonds. The predicted octanol–water partition coefficient (Wildman–Crippen LogP) is 2.87. The fourth-order valence-electron chi connectivity index (χ4n) is 3.31. The SMILES string of the molecule is CCNC(=O)C1CCN(c2cc(SCC(=O)Nc3ccccc3C)ncn2)CC1. The third-order valence-electron chi connectivity index (χ3n) is 4.94. The van der Waals surface area contributed by atoms with Gasteiger partial charge in [0.25, 0.3) is 0 Å². The highest BCUT2D eigenvalue weighted by Crippen LogP contribution is 2.25. The summed E-state index contributed by atoms with van der Waals surface area (Å²) >= 11 is 1.39. The maximum Gasteiger partial charge on any atom is 0.234 e. The largest absolute Gasteiger partial charge is 0.356 e. The Hall–Kier alpha value is -2.61. The predicted molar refractivity (Wildman–Crippen MR) is 116 cm³/mol. The van der Waals surface area contributed by atoms with E-state index in [0.717, 1.165) is 48.0 Å². The molecule has 0 radical (unpaired) electrons. The maximum absolute atomic E-state index is 12.3. The Balaban J connectivity index is 1.52. The molecule has 0 saturated carbocycles. The molecule has 0 aliphatic carbocycles. The molecule has 1 aromatic carbocycles. The van der Waals surface area contributed by atoms with Gasteiger partial charge in [-0.05, 0) is 38.3 Å². The van der Waals surface area contributed by atoms with Gasteiger partial charge >= 0.3 is 0 Å². The molecule has 0 atom stereocenters. The highest BCUT2D eigenvalue weighted by atomic mass is 32.2. The summed E-state index contributed by atoms with van der Waals surface area (Å²) in [5, 5.41) is 6.60. The van der Waals surface area contributed by atoms with E-state index in [-0.39, 0.29) is 23.5 Å². The van der Waals surface area contributed by atoms with E-state index in [1.54, 1.807) is 0 Å². The standard InChI is InChI=1S/C21H27N5O2S/c1-3-22-21(28)16-8-10-26(11-9-16)18-12-20(24-14-23-18)29-13-19(27)25-17-7-5-4-6-15(17)2/h4-7,12,14,16H,3,8-11,13H2,1-2H3,(H,22,28)(H,25,27). The molecule has 2 N–H and O–H groups in total. The lowest BCUT2D eigenvalue weighted by molar-refractivity contribution is -0.125. The Kier molecular flexibility index (Phi) is 7.46. The van der Waals surface area contributed by atoms with Gasteiger partial charge in [-0.15, -0.1) is 0 Å². The molecule has 0 bridgehead atoms. The van der Waals surface area contributed by atoms with Gasteiger partial charge in [0.15, 0.2) is 0 Å². The van der Waals surface area contributed by atoms with E-state index in [1.807, 2.05) is 44.2 Å². The van der Waals surface area contributed by atoms with Gasteiger partial charge in [0.2, 0.25) is 11.8 Å². The van der Waals surface area contributed by atoms with Crippen LogP contribution in [0.15, 0.2) is 41.7 Å². The molecule has 1 fully saturated rings. The van der Waals surface area contributed by atoms with Crippen LogP contribution in [0.25, 0.3) is 0 Å². The van der Waals surface area contributed by atoms with Crippen molar-refractivity contribution in [2.45, 2.75) is 31.7 Å². The van der Waals surface area contributed by atoms with Crippen LogP contribution < -0.4 is 15.5 Å². The van der Waals surface area contributed by atoms with Crippen LogP contribution in [0.3, 0.4) is 0 Å². The van der Waals surface area contributed by atoms with Gasteiger partial charge in [-0.2, -0.15) is 0 Å². The maximum atomic E-state index is 12.3. The number of hydrogen-bond donors (Lipinski definition) is 2. The summed E-state index contributed by atoms with van der Waals surface area (Å²) in [7, 11) is 0. The molecule has 154 valence electrons. The van der Waals surface area contributed by atoms with E-state index in [1.165, 1.54) is 18.1 Å². The van der Waals surface area contributed by atoms with Crippen LogP contribution in [0.5, 0.6) is 0 Å². The zero-order valence-corrected chi connectivity index (χ0v) is 17.7. The smallest absolute Gasteiger partial charge is 0.234 e. The van der Waals surface area contributed by atoms with Gasteiger partial charge in [0, 0.05) is 37.3 Å². The third kappa shape index (κ3) is 5.93. The minimum Gasteiger partial charge on any atom is -0.356 e. The van der Waals surface area contributed by atoms with E-state index in [2.05, 4.69) is 25.5 Å². The summed E-state index contributed by atoms with van der Waals surface area (Å²) in [4.78, 5) is 35.1. The first kappa shape index (κ1) is 21.1. The summed E-state index contributed by atoms with van der Waals surface area (Å²) in [6.45, 7) is 6.15. The molecule has 2 heterocycles. The average molecular weight is 414 g/mol. The normalized spacial score (nSPS) is 14.5. The second-order valence-corrected chi connectivity index (χ2v) is 8.02. The van der Waals surface area contributed by atoms with E-state index in [9.17, 15) is 9.59 Å². The summed E-state index contributed by atoms with van der Waals surface area (Å²) in [6.07, 6.45) is 3.17. The van der Waals surface area contributed by atoms with Crippen molar-refractivity contribution in [2.24, 2.45) is 5.92 Å². The number of aromatic nitrogens is 2. The number of benzene rings is 1. The van der Waals surface area contributed by atoms with Crippen molar-refractivity contribution in [3.05, 3.63) is 42.2 Å². The monoisotopic (exact) mass is 413 g/mol. The number of para-hydroxylation sites is 1. The van der Waals surface area contributed by atoms with Crippen LogP contribution >= 0.6 is 11.8 Å². The summed E-state index contributed by atoms with van der Waals surface area (Å²) < 4.78 is 0. The second-order valence-electron chi connectivity index (χ2n) is 7.02. The Labute approximate surface area is 175 Å². The first-order chi connectivity index (χ1) is 14.1. The van der Waals surface area contributed by atoms with Gasteiger partial charge in [-0.3, -0.25) is 9.59 Å². The molecule has 0 spiro atoms. The van der Waals surface area contributed by atoms with E-state index in [4.69, 9.17) is 0 Å². The number of thioether (sulfide) groups is 1. The lowest BCUT2D eigenvalue weighted by Gasteiger charge is -2.32. The molecule has 1 saturated heterocycles. The van der Waals surface area contributed by atoms with Crippen LogP contribution in [-0.2, 0) is 9.59 Å². The number of hydrogen-bond acceptors (Lipinski definition) is 6. The summed E-state index contributed by atoms with van der Waals surface area (Å²) in [5.41, 5.74) is 1.86. The Morgan fingerprint density at radius 2 is 1.97 bits per heavy atom. The quantitative estimate of drug-likeness (QED) is 0.536. The molecule has 2 aromatic rings. The minimum atomic E-state index is -0.0628. The number of nitrogens with one attached hydrogen (secondary N) is 2. The first-order valence-corrected chi connectivity index (χ1v) is 10.9. The van der Waals surface area contributed by atoms with Crippen molar-refractivity contribution in [1.29, 1.82) is 0 Å². The fourth-order valence-corrected chi connectivity index (χ4v) is 3.97. The molecule has 8 heteroatoms.